The lowest BCUT2D eigenvalue weighted by Gasteiger charge is -2.22. The standard InChI is InChI=1S/C16H10F6O2/c17-15(18,19)11-7-3-1-5-9(11)13(14(23)24)10-6-2-4-8-12(10)16(20,21)22/h1-8,13H,(H,23,24). The fraction of sp³-hybridized carbons (Fsp3) is 0.188. The van der Waals surface area contributed by atoms with Crippen molar-refractivity contribution in [3.63, 3.8) is 0 Å². The molecule has 0 spiro atoms. The minimum Gasteiger partial charge on any atom is -0.481 e. The Morgan fingerprint density at radius 1 is 0.750 bits per heavy atom. The number of aliphatic carboxylic acids is 1. The van der Waals surface area contributed by atoms with Gasteiger partial charge < -0.3 is 5.11 Å². The van der Waals surface area contributed by atoms with Crippen LogP contribution in [0.15, 0.2) is 48.5 Å². The Labute approximate surface area is 132 Å². The fourth-order valence-electron chi connectivity index (χ4n) is 2.45. The molecule has 0 aliphatic heterocycles. The van der Waals surface area contributed by atoms with Crippen LogP contribution in [0.4, 0.5) is 26.3 Å². The first kappa shape index (κ1) is 17.8. The molecule has 0 saturated carbocycles. The molecule has 8 heteroatoms. The summed E-state index contributed by atoms with van der Waals surface area (Å²) in [5.41, 5.74) is -4.05. The van der Waals surface area contributed by atoms with Gasteiger partial charge in [-0.15, -0.1) is 0 Å². The van der Waals surface area contributed by atoms with Crippen LogP contribution in [-0.4, -0.2) is 11.1 Å². The number of hydrogen-bond donors (Lipinski definition) is 1. The molecule has 0 amide bonds. The van der Waals surface area contributed by atoms with Crippen molar-refractivity contribution in [3.8, 4) is 0 Å². The highest BCUT2D eigenvalue weighted by atomic mass is 19.4. The number of carboxylic acid groups (broad SMARTS) is 1. The van der Waals surface area contributed by atoms with Crippen molar-refractivity contribution in [1.29, 1.82) is 0 Å². The van der Waals surface area contributed by atoms with Crippen LogP contribution < -0.4 is 0 Å². The zero-order valence-electron chi connectivity index (χ0n) is 11.8. The van der Waals surface area contributed by atoms with Crippen molar-refractivity contribution >= 4 is 5.97 Å². The van der Waals surface area contributed by atoms with Crippen LogP contribution in [0.3, 0.4) is 0 Å². The lowest BCUT2D eigenvalue weighted by Crippen LogP contribution is -2.22. The third-order valence-electron chi connectivity index (χ3n) is 3.40. The van der Waals surface area contributed by atoms with E-state index in [2.05, 4.69) is 0 Å². The van der Waals surface area contributed by atoms with Gasteiger partial charge in [0, 0.05) is 0 Å². The molecule has 2 nitrogen and oxygen atoms in total. The summed E-state index contributed by atoms with van der Waals surface area (Å²) < 4.78 is 78.6. The van der Waals surface area contributed by atoms with E-state index in [1.165, 1.54) is 0 Å². The summed E-state index contributed by atoms with van der Waals surface area (Å²) in [6.07, 6.45) is -9.78. The molecule has 2 rings (SSSR count). The Balaban J connectivity index is 2.74. The predicted molar refractivity (Wildman–Crippen MR) is 72.4 cm³/mol. The van der Waals surface area contributed by atoms with E-state index >= 15 is 0 Å². The second-order valence-corrected chi connectivity index (χ2v) is 4.94. The zero-order chi connectivity index (χ0) is 18.1. The van der Waals surface area contributed by atoms with Crippen LogP contribution in [0.25, 0.3) is 0 Å². The average molecular weight is 348 g/mol. The maximum Gasteiger partial charge on any atom is 0.416 e. The highest BCUT2D eigenvalue weighted by molar-refractivity contribution is 5.81. The van der Waals surface area contributed by atoms with Gasteiger partial charge in [-0.1, -0.05) is 36.4 Å². The molecule has 2 aromatic rings. The monoisotopic (exact) mass is 348 g/mol. The van der Waals surface area contributed by atoms with Gasteiger partial charge in [0.15, 0.2) is 0 Å². The molecule has 0 heterocycles. The van der Waals surface area contributed by atoms with Gasteiger partial charge in [0.25, 0.3) is 0 Å². The number of halogens is 6. The highest BCUT2D eigenvalue weighted by Crippen LogP contribution is 2.41. The largest absolute Gasteiger partial charge is 0.481 e. The zero-order valence-corrected chi connectivity index (χ0v) is 11.8. The van der Waals surface area contributed by atoms with E-state index in [0.717, 1.165) is 36.4 Å². The van der Waals surface area contributed by atoms with Gasteiger partial charge >= 0.3 is 18.3 Å². The molecule has 24 heavy (non-hydrogen) atoms. The summed E-state index contributed by atoms with van der Waals surface area (Å²) in [5.74, 6) is -3.90. The summed E-state index contributed by atoms with van der Waals surface area (Å²) in [5, 5.41) is 9.33. The first-order valence-electron chi connectivity index (χ1n) is 6.58. The molecule has 0 radical (unpaired) electrons. The van der Waals surface area contributed by atoms with Gasteiger partial charge in [0.2, 0.25) is 0 Å². The van der Waals surface area contributed by atoms with E-state index in [9.17, 15) is 36.2 Å². The molecule has 0 aliphatic carbocycles. The summed E-state index contributed by atoms with van der Waals surface area (Å²) in [6.45, 7) is 0. The van der Waals surface area contributed by atoms with E-state index in [4.69, 9.17) is 0 Å². The molecule has 1 N–H and O–H groups in total. The number of benzene rings is 2. The Hall–Kier alpha value is -2.51. The average Bonchev–Trinajstić information content (AvgIpc) is 2.46. The number of alkyl halides is 6. The summed E-state index contributed by atoms with van der Waals surface area (Å²) in [7, 11) is 0. The molecule has 0 aliphatic rings. The van der Waals surface area contributed by atoms with Crippen LogP contribution in [0.1, 0.15) is 28.2 Å². The van der Waals surface area contributed by atoms with E-state index in [-0.39, 0.29) is 0 Å². The van der Waals surface area contributed by atoms with E-state index in [1.54, 1.807) is 0 Å². The number of rotatable bonds is 3. The van der Waals surface area contributed by atoms with E-state index in [1.807, 2.05) is 0 Å². The van der Waals surface area contributed by atoms with Crippen LogP contribution in [0, 0.1) is 0 Å². The number of carboxylic acids is 1. The Kier molecular flexibility index (Phi) is 4.59. The van der Waals surface area contributed by atoms with Gasteiger partial charge in [-0.25, -0.2) is 0 Å². The van der Waals surface area contributed by atoms with Crippen molar-refractivity contribution in [2.45, 2.75) is 18.3 Å². The van der Waals surface area contributed by atoms with Gasteiger partial charge in [-0.2, -0.15) is 26.3 Å². The SMILES string of the molecule is O=C(O)C(c1ccccc1C(F)(F)F)c1ccccc1C(F)(F)F. The molecule has 0 fully saturated rings. The molecular weight excluding hydrogens is 338 g/mol. The molecule has 128 valence electrons. The van der Waals surface area contributed by atoms with Gasteiger partial charge in [0.1, 0.15) is 5.92 Å². The van der Waals surface area contributed by atoms with Crippen LogP contribution in [-0.2, 0) is 17.1 Å². The highest BCUT2D eigenvalue weighted by Gasteiger charge is 2.41. The fourth-order valence-corrected chi connectivity index (χ4v) is 2.45. The number of hydrogen-bond acceptors (Lipinski definition) is 1. The summed E-state index contributed by atoms with van der Waals surface area (Å²) in [4.78, 5) is 11.5. The van der Waals surface area contributed by atoms with Crippen molar-refractivity contribution in [2.24, 2.45) is 0 Å². The molecule has 0 unspecified atom stereocenters. The molecule has 0 saturated heterocycles. The Bertz CT molecular complexity index is 691. The molecular formula is C16H10F6O2. The van der Waals surface area contributed by atoms with Crippen LogP contribution >= 0.6 is 0 Å². The van der Waals surface area contributed by atoms with Crippen molar-refractivity contribution in [2.75, 3.05) is 0 Å². The third-order valence-corrected chi connectivity index (χ3v) is 3.40. The lowest BCUT2D eigenvalue weighted by atomic mass is 9.85. The maximum atomic E-state index is 13.1. The van der Waals surface area contributed by atoms with Crippen LogP contribution in [0.5, 0.6) is 0 Å². The second kappa shape index (κ2) is 6.18. The summed E-state index contributed by atoms with van der Waals surface area (Å²) in [6, 6.07) is 7.40. The van der Waals surface area contributed by atoms with Gasteiger partial charge in [-0.05, 0) is 23.3 Å². The first-order valence-corrected chi connectivity index (χ1v) is 6.58. The smallest absolute Gasteiger partial charge is 0.416 e. The topological polar surface area (TPSA) is 37.3 Å². The van der Waals surface area contributed by atoms with Crippen LogP contribution in [0.2, 0.25) is 0 Å². The molecule has 2 aromatic carbocycles. The van der Waals surface area contributed by atoms with Gasteiger partial charge in [0.05, 0.1) is 11.1 Å². The van der Waals surface area contributed by atoms with Crippen molar-refractivity contribution < 1.29 is 36.2 Å². The molecule has 0 aromatic heterocycles. The predicted octanol–water partition coefficient (Wildman–Crippen LogP) is 4.94. The molecule has 0 atom stereocenters. The minimum atomic E-state index is -4.89. The quantitative estimate of drug-likeness (QED) is 0.798. The van der Waals surface area contributed by atoms with E-state index < -0.39 is 46.5 Å². The normalized spacial score (nSPS) is 12.5. The van der Waals surface area contributed by atoms with Crippen molar-refractivity contribution in [3.05, 3.63) is 70.8 Å². The van der Waals surface area contributed by atoms with Crippen molar-refractivity contribution in [1.82, 2.24) is 0 Å². The Morgan fingerprint density at radius 2 is 1.08 bits per heavy atom. The van der Waals surface area contributed by atoms with Gasteiger partial charge in [-0.3, -0.25) is 4.79 Å². The maximum absolute atomic E-state index is 13.1. The first-order chi connectivity index (χ1) is 11.0. The third kappa shape index (κ3) is 3.52. The minimum absolute atomic E-state index is 0.640. The molecule has 0 bridgehead atoms. The second-order valence-electron chi connectivity index (χ2n) is 4.94. The summed E-state index contributed by atoms with van der Waals surface area (Å²) >= 11 is 0. The lowest BCUT2D eigenvalue weighted by molar-refractivity contribution is -0.141. The Morgan fingerprint density at radius 3 is 1.38 bits per heavy atom. The van der Waals surface area contributed by atoms with E-state index in [0.29, 0.717) is 12.1 Å². The number of carbonyl (C=O) groups is 1.